The van der Waals surface area contributed by atoms with Gasteiger partial charge in [-0.2, -0.15) is 0 Å². The molecule has 1 aliphatic heterocycles. The van der Waals surface area contributed by atoms with E-state index in [0.717, 1.165) is 30.7 Å². The molecule has 0 saturated carbocycles. The molecule has 32 heavy (non-hydrogen) atoms. The number of ether oxygens (including phenoxy) is 1. The number of hydrogen-bond donors (Lipinski definition) is 1. The molecule has 2 aromatic carbocycles. The van der Waals surface area contributed by atoms with Crippen LogP contribution in [0.1, 0.15) is 54.7 Å². The Hall–Kier alpha value is -2.78. The van der Waals surface area contributed by atoms with Gasteiger partial charge >= 0.3 is 0 Å². The fourth-order valence-electron chi connectivity index (χ4n) is 5.14. The van der Waals surface area contributed by atoms with Crippen molar-refractivity contribution in [2.45, 2.75) is 44.4 Å². The first kappa shape index (κ1) is 22.4. The van der Waals surface area contributed by atoms with Gasteiger partial charge in [0.15, 0.2) is 0 Å². The lowest BCUT2D eigenvalue weighted by Gasteiger charge is -2.35. The number of phenols is 1. The molecular formula is C29H35NO2. The molecule has 0 spiro atoms. The normalized spacial score (nSPS) is 21.6. The Bertz CT molecular complexity index is 970. The molecule has 2 aliphatic rings. The van der Waals surface area contributed by atoms with Crippen LogP contribution in [-0.4, -0.2) is 36.2 Å². The van der Waals surface area contributed by atoms with Crippen LogP contribution in [0.15, 0.2) is 84.7 Å². The van der Waals surface area contributed by atoms with Crippen molar-refractivity contribution in [1.82, 2.24) is 4.90 Å². The Labute approximate surface area is 192 Å². The van der Waals surface area contributed by atoms with Crippen molar-refractivity contribution in [2.75, 3.05) is 26.2 Å². The van der Waals surface area contributed by atoms with Crippen molar-refractivity contribution < 1.29 is 9.84 Å². The molecule has 0 bridgehead atoms. The molecule has 1 N–H and O–H groups in total. The third-order valence-electron chi connectivity index (χ3n) is 6.84. The molecule has 2 aromatic rings. The number of aryl methyl sites for hydroxylation is 1. The maximum atomic E-state index is 10.0. The van der Waals surface area contributed by atoms with Gasteiger partial charge in [0, 0.05) is 12.5 Å². The van der Waals surface area contributed by atoms with Crippen LogP contribution in [0.2, 0.25) is 0 Å². The monoisotopic (exact) mass is 429 g/mol. The Balaban J connectivity index is 1.50. The molecule has 3 heteroatoms. The first-order valence-corrected chi connectivity index (χ1v) is 11.9. The molecule has 0 radical (unpaired) electrons. The highest BCUT2D eigenvalue weighted by molar-refractivity contribution is 5.48. The average molecular weight is 430 g/mol. The highest BCUT2D eigenvalue weighted by Gasteiger charge is 2.32. The second-order valence-corrected chi connectivity index (χ2v) is 8.91. The van der Waals surface area contributed by atoms with Gasteiger partial charge in [0.1, 0.15) is 18.1 Å². The number of rotatable bonds is 8. The number of aromatic hydroxyl groups is 1. The minimum Gasteiger partial charge on any atom is -0.508 e. The fourth-order valence-corrected chi connectivity index (χ4v) is 5.14. The van der Waals surface area contributed by atoms with E-state index in [9.17, 15) is 5.11 Å². The summed E-state index contributed by atoms with van der Waals surface area (Å²) in [4.78, 5) is 2.47. The zero-order chi connectivity index (χ0) is 22.3. The smallest absolute Gasteiger partial charge is 0.115 e. The third kappa shape index (κ3) is 5.34. The summed E-state index contributed by atoms with van der Waals surface area (Å²) >= 11 is 0. The number of fused-ring (bicyclic) bond motifs is 1. The lowest BCUT2D eigenvalue weighted by molar-refractivity contribution is 0.179. The minimum absolute atomic E-state index is 0.181. The molecular weight excluding hydrogens is 394 g/mol. The van der Waals surface area contributed by atoms with Gasteiger partial charge in [-0.05, 0) is 98.2 Å². The number of allylic oxidation sites excluding steroid dienone is 4. The maximum absolute atomic E-state index is 10.0. The van der Waals surface area contributed by atoms with Crippen LogP contribution in [0.4, 0.5) is 0 Å². The van der Waals surface area contributed by atoms with Crippen LogP contribution in [0.3, 0.4) is 0 Å². The van der Waals surface area contributed by atoms with Gasteiger partial charge in [-0.25, -0.2) is 0 Å². The molecule has 3 nitrogen and oxygen atoms in total. The standard InChI is InChI=1S/C29H35NO2/c1-3-26(32-20-19-30-17-7-8-18-30)14-11-22(2)29-27(23-9-5-4-6-10-23)15-12-24-21-25(31)13-16-28(24)29/h3-6,9-11,13-14,16,21,27,29,31H,2,7-8,12,15,17-20H2,1H3/b14-11-,26-3+/t27-,29+/m1/s1. The van der Waals surface area contributed by atoms with Crippen LogP contribution < -0.4 is 0 Å². The van der Waals surface area contributed by atoms with E-state index in [2.05, 4.69) is 60.0 Å². The Morgan fingerprint density at radius 3 is 2.66 bits per heavy atom. The summed E-state index contributed by atoms with van der Waals surface area (Å²) in [5, 5.41) is 10.0. The number of phenolic OH excluding ortho intramolecular Hbond substituents is 1. The topological polar surface area (TPSA) is 32.7 Å². The maximum Gasteiger partial charge on any atom is 0.115 e. The highest BCUT2D eigenvalue weighted by atomic mass is 16.5. The fraction of sp³-hybridized carbons (Fsp3) is 0.379. The van der Waals surface area contributed by atoms with Gasteiger partial charge in [0.25, 0.3) is 0 Å². The van der Waals surface area contributed by atoms with Crippen LogP contribution in [0.5, 0.6) is 5.75 Å². The lowest BCUT2D eigenvalue weighted by atomic mass is 9.69. The summed E-state index contributed by atoms with van der Waals surface area (Å²) in [6.45, 7) is 10.6. The number of nitrogens with zero attached hydrogens (tertiary/aromatic N) is 1. The molecule has 1 heterocycles. The number of hydrogen-bond acceptors (Lipinski definition) is 3. The number of benzene rings is 2. The zero-order valence-corrected chi connectivity index (χ0v) is 19.2. The van der Waals surface area contributed by atoms with Gasteiger partial charge in [-0.3, -0.25) is 4.90 Å². The quantitative estimate of drug-likeness (QED) is 0.393. The van der Waals surface area contributed by atoms with Crippen molar-refractivity contribution >= 4 is 0 Å². The molecule has 4 rings (SSSR count). The predicted molar refractivity (Wildman–Crippen MR) is 132 cm³/mol. The van der Waals surface area contributed by atoms with E-state index in [1.165, 1.54) is 42.6 Å². The SMILES string of the molecule is C=C(/C=C\C(=C/C)OCCN1CCCC1)[C@@H]1c2ccc(O)cc2CC[C@@H]1c1ccccc1. The largest absolute Gasteiger partial charge is 0.508 e. The first-order chi connectivity index (χ1) is 15.7. The van der Waals surface area contributed by atoms with Gasteiger partial charge in [0.2, 0.25) is 0 Å². The molecule has 0 amide bonds. The predicted octanol–water partition coefficient (Wildman–Crippen LogP) is 6.33. The summed E-state index contributed by atoms with van der Waals surface area (Å²) in [5.74, 6) is 1.78. The summed E-state index contributed by atoms with van der Waals surface area (Å²) in [5.41, 5.74) is 4.92. The van der Waals surface area contributed by atoms with Crippen LogP contribution in [-0.2, 0) is 11.2 Å². The van der Waals surface area contributed by atoms with Gasteiger partial charge in [0.05, 0.1) is 0 Å². The molecule has 0 unspecified atom stereocenters. The molecule has 1 aliphatic carbocycles. The zero-order valence-electron chi connectivity index (χ0n) is 19.2. The van der Waals surface area contributed by atoms with Crippen LogP contribution in [0, 0.1) is 0 Å². The summed E-state index contributed by atoms with van der Waals surface area (Å²) in [6, 6.07) is 16.5. The minimum atomic E-state index is 0.181. The first-order valence-electron chi connectivity index (χ1n) is 11.9. The second kappa shape index (κ2) is 10.7. The van der Waals surface area contributed by atoms with E-state index in [4.69, 9.17) is 4.74 Å². The van der Waals surface area contributed by atoms with E-state index in [1.54, 1.807) is 6.07 Å². The third-order valence-corrected chi connectivity index (χ3v) is 6.84. The molecule has 2 atom stereocenters. The van der Waals surface area contributed by atoms with Crippen molar-refractivity contribution in [2.24, 2.45) is 0 Å². The van der Waals surface area contributed by atoms with Gasteiger partial charge in [-0.1, -0.05) is 49.1 Å². The van der Waals surface area contributed by atoms with E-state index >= 15 is 0 Å². The van der Waals surface area contributed by atoms with Crippen molar-refractivity contribution in [3.8, 4) is 5.75 Å². The van der Waals surface area contributed by atoms with Crippen LogP contribution in [0.25, 0.3) is 0 Å². The van der Waals surface area contributed by atoms with Crippen molar-refractivity contribution in [3.63, 3.8) is 0 Å². The van der Waals surface area contributed by atoms with Gasteiger partial charge in [-0.15, -0.1) is 0 Å². The molecule has 0 aromatic heterocycles. The Kier molecular flexibility index (Phi) is 7.49. The van der Waals surface area contributed by atoms with Crippen LogP contribution >= 0.6 is 0 Å². The van der Waals surface area contributed by atoms with E-state index < -0.39 is 0 Å². The number of likely N-dealkylation sites (tertiary alicyclic amines) is 1. The summed E-state index contributed by atoms with van der Waals surface area (Å²) in [7, 11) is 0. The second-order valence-electron chi connectivity index (χ2n) is 8.91. The molecule has 1 saturated heterocycles. The summed E-state index contributed by atoms with van der Waals surface area (Å²) < 4.78 is 6.05. The Morgan fingerprint density at radius 2 is 1.91 bits per heavy atom. The van der Waals surface area contributed by atoms with E-state index in [-0.39, 0.29) is 5.92 Å². The highest BCUT2D eigenvalue weighted by Crippen LogP contribution is 2.47. The van der Waals surface area contributed by atoms with E-state index in [0.29, 0.717) is 18.3 Å². The van der Waals surface area contributed by atoms with Crippen molar-refractivity contribution in [1.29, 1.82) is 0 Å². The Morgan fingerprint density at radius 1 is 1.12 bits per heavy atom. The lowest BCUT2D eigenvalue weighted by Crippen LogP contribution is -2.23. The summed E-state index contributed by atoms with van der Waals surface area (Å²) in [6.07, 6.45) is 10.8. The van der Waals surface area contributed by atoms with Crippen molar-refractivity contribution in [3.05, 3.63) is 101 Å². The van der Waals surface area contributed by atoms with Gasteiger partial charge < -0.3 is 9.84 Å². The average Bonchev–Trinajstić information content (AvgIpc) is 3.34. The van der Waals surface area contributed by atoms with E-state index in [1.807, 2.05) is 19.1 Å². The molecule has 1 fully saturated rings. The molecule has 168 valence electrons.